The van der Waals surface area contributed by atoms with Gasteiger partial charge in [0.2, 0.25) is 0 Å². The molecule has 1 aromatic rings. The molecule has 1 heterocycles. The van der Waals surface area contributed by atoms with Crippen LogP contribution in [0.1, 0.15) is 38.2 Å². The molecule has 1 aliphatic heterocycles. The molecule has 1 aromatic carbocycles. The van der Waals surface area contributed by atoms with Gasteiger partial charge in [-0.3, -0.25) is 0 Å². The van der Waals surface area contributed by atoms with Crippen LogP contribution in [0.15, 0.2) is 30.3 Å². The lowest BCUT2D eigenvalue weighted by atomic mass is 9.57. The van der Waals surface area contributed by atoms with Crippen LogP contribution in [-0.2, 0) is 4.74 Å². The van der Waals surface area contributed by atoms with Gasteiger partial charge in [-0.2, -0.15) is 0 Å². The lowest BCUT2D eigenvalue weighted by Gasteiger charge is -2.54. The number of nitrogens with one attached hydrogen (secondary N) is 2. The van der Waals surface area contributed by atoms with Gasteiger partial charge in [-0.15, -0.1) is 0 Å². The average Bonchev–Trinajstić information content (AvgIpc) is 3.19. The molecular formula is C19H26N2O2. The molecule has 5 unspecified atom stereocenters. The van der Waals surface area contributed by atoms with Gasteiger partial charge in [0, 0.05) is 30.5 Å². The minimum absolute atomic E-state index is 0.0212. The molecule has 124 valence electrons. The Hall–Kier alpha value is -1.55. The Morgan fingerprint density at radius 3 is 2.87 bits per heavy atom. The monoisotopic (exact) mass is 314 g/mol. The number of rotatable bonds is 4. The molecular weight excluding hydrogens is 288 g/mol. The van der Waals surface area contributed by atoms with Crippen LogP contribution < -0.4 is 10.6 Å². The van der Waals surface area contributed by atoms with Crippen molar-refractivity contribution in [1.29, 1.82) is 0 Å². The van der Waals surface area contributed by atoms with Crippen LogP contribution in [-0.4, -0.2) is 31.3 Å². The van der Waals surface area contributed by atoms with E-state index in [1.165, 1.54) is 12.0 Å². The van der Waals surface area contributed by atoms with E-state index in [4.69, 9.17) is 4.74 Å². The highest BCUT2D eigenvalue weighted by atomic mass is 16.5. The minimum Gasteiger partial charge on any atom is -0.377 e. The average molecular weight is 314 g/mol. The lowest BCUT2D eigenvalue weighted by Crippen LogP contribution is -2.67. The van der Waals surface area contributed by atoms with Gasteiger partial charge in [0.25, 0.3) is 0 Å². The number of amides is 2. The molecule has 4 rings (SSSR count). The second-order valence-electron chi connectivity index (χ2n) is 7.91. The van der Waals surface area contributed by atoms with Gasteiger partial charge in [0.1, 0.15) is 0 Å². The number of carbonyl (C=O) groups is 1. The molecule has 3 aliphatic rings. The van der Waals surface area contributed by atoms with Crippen molar-refractivity contribution >= 4 is 6.03 Å². The van der Waals surface area contributed by atoms with E-state index >= 15 is 0 Å². The lowest BCUT2D eigenvalue weighted by molar-refractivity contribution is -0.108. The number of ether oxygens (including phenoxy) is 1. The fourth-order valence-corrected chi connectivity index (χ4v) is 4.61. The summed E-state index contributed by atoms with van der Waals surface area (Å²) in [5, 5.41) is 6.26. The van der Waals surface area contributed by atoms with Crippen LogP contribution in [0.25, 0.3) is 0 Å². The predicted octanol–water partition coefficient (Wildman–Crippen LogP) is 2.90. The number of hydrogen-bond donors (Lipinski definition) is 2. The van der Waals surface area contributed by atoms with E-state index < -0.39 is 0 Å². The van der Waals surface area contributed by atoms with Crippen LogP contribution in [0.2, 0.25) is 0 Å². The van der Waals surface area contributed by atoms with Gasteiger partial charge in [0.15, 0.2) is 0 Å². The van der Waals surface area contributed by atoms with Crippen LogP contribution in [0, 0.1) is 17.3 Å². The maximum Gasteiger partial charge on any atom is 0.315 e. The van der Waals surface area contributed by atoms with Crippen molar-refractivity contribution in [2.45, 2.75) is 44.8 Å². The largest absolute Gasteiger partial charge is 0.377 e. The number of urea groups is 1. The Balaban J connectivity index is 1.24. The second kappa shape index (κ2) is 5.52. The van der Waals surface area contributed by atoms with Crippen molar-refractivity contribution in [1.82, 2.24) is 10.6 Å². The first-order chi connectivity index (χ1) is 11.1. The Morgan fingerprint density at radius 1 is 1.30 bits per heavy atom. The SMILES string of the molecule is CC1(C)C(NC(=O)NCC2CC2c2ccccc2)C2CCOC21. The van der Waals surface area contributed by atoms with Gasteiger partial charge < -0.3 is 15.4 Å². The molecule has 2 saturated carbocycles. The summed E-state index contributed by atoms with van der Waals surface area (Å²) in [5.41, 5.74) is 1.44. The van der Waals surface area contributed by atoms with Crippen LogP contribution >= 0.6 is 0 Å². The molecule has 4 heteroatoms. The van der Waals surface area contributed by atoms with E-state index in [0.29, 0.717) is 23.9 Å². The Kier molecular flexibility index (Phi) is 3.60. The third-order valence-corrected chi connectivity index (χ3v) is 6.06. The molecule has 0 radical (unpaired) electrons. The third-order valence-electron chi connectivity index (χ3n) is 6.06. The summed E-state index contributed by atoms with van der Waals surface area (Å²) >= 11 is 0. The van der Waals surface area contributed by atoms with Crippen LogP contribution in [0.5, 0.6) is 0 Å². The molecule has 0 aromatic heterocycles. The van der Waals surface area contributed by atoms with Crippen molar-refractivity contribution < 1.29 is 9.53 Å². The predicted molar refractivity (Wildman–Crippen MR) is 89.2 cm³/mol. The zero-order valence-corrected chi connectivity index (χ0v) is 13.9. The molecule has 1 saturated heterocycles. The molecule has 4 nitrogen and oxygen atoms in total. The molecule has 0 bridgehead atoms. The number of fused-ring (bicyclic) bond motifs is 1. The number of hydrogen-bond acceptors (Lipinski definition) is 2. The molecule has 3 fully saturated rings. The number of benzene rings is 1. The highest BCUT2D eigenvalue weighted by Crippen LogP contribution is 2.52. The van der Waals surface area contributed by atoms with Crippen molar-refractivity contribution in [2.75, 3.05) is 13.2 Å². The Labute approximate surface area is 138 Å². The summed E-state index contributed by atoms with van der Waals surface area (Å²) in [5.74, 6) is 1.69. The van der Waals surface area contributed by atoms with Gasteiger partial charge in [-0.05, 0) is 30.2 Å². The Morgan fingerprint density at radius 2 is 2.09 bits per heavy atom. The highest BCUT2D eigenvalue weighted by Gasteiger charge is 2.59. The fraction of sp³-hybridized carbons (Fsp3) is 0.632. The van der Waals surface area contributed by atoms with Crippen molar-refractivity contribution in [3.05, 3.63) is 35.9 Å². The first kappa shape index (κ1) is 15.0. The molecule has 2 aliphatic carbocycles. The summed E-state index contributed by atoms with van der Waals surface area (Å²) in [6.07, 6.45) is 2.56. The van der Waals surface area contributed by atoms with E-state index in [0.717, 1.165) is 19.6 Å². The normalized spacial score (nSPS) is 36.7. The maximum absolute atomic E-state index is 12.2. The van der Waals surface area contributed by atoms with E-state index in [1.807, 2.05) is 6.07 Å². The van der Waals surface area contributed by atoms with Crippen LogP contribution in [0.4, 0.5) is 4.79 Å². The van der Waals surface area contributed by atoms with Crippen LogP contribution in [0.3, 0.4) is 0 Å². The zero-order valence-electron chi connectivity index (χ0n) is 13.9. The van der Waals surface area contributed by atoms with Gasteiger partial charge in [0.05, 0.1) is 6.10 Å². The molecule has 0 spiro atoms. The summed E-state index contributed by atoms with van der Waals surface area (Å²) in [6, 6.07) is 10.8. The molecule has 2 amide bonds. The van der Waals surface area contributed by atoms with Gasteiger partial charge in [-0.1, -0.05) is 44.2 Å². The first-order valence-electron chi connectivity index (χ1n) is 8.78. The van der Waals surface area contributed by atoms with Crippen molar-refractivity contribution in [3.63, 3.8) is 0 Å². The van der Waals surface area contributed by atoms with E-state index in [1.54, 1.807) is 0 Å². The standard InChI is InChI=1S/C19H26N2O2/c1-19(2)16(14-8-9-23-17(14)19)21-18(22)20-11-13-10-15(13)12-6-4-3-5-7-12/h3-7,13-17H,8-11H2,1-2H3,(H2,20,21,22). The summed E-state index contributed by atoms with van der Waals surface area (Å²) in [4.78, 5) is 12.2. The van der Waals surface area contributed by atoms with E-state index in [9.17, 15) is 4.79 Å². The first-order valence-corrected chi connectivity index (χ1v) is 8.78. The van der Waals surface area contributed by atoms with Gasteiger partial charge >= 0.3 is 6.03 Å². The summed E-state index contributed by atoms with van der Waals surface area (Å²) in [7, 11) is 0. The Bertz CT molecular complexity index is 586. The summed E-state index contributed by atoms with van der Waals surface area (Å²) < 4.78 is 5.78. The number of carbonyl (C=O) groups excluding carboxylic acids is 1. The smallest absolute Gasteiger partial charge is 0.315 e. The van der Waals surface area contributed by atoms with Crippen molar-refractivity contribution in [2.24, 2.45) is 17.3 Å². The third kappa shape index (κ3) is 2.63. The van der Waals surface area contributed by atoms with E-state index in [-0.39, 0.29) is 17.5 Å². The van der Waals surface area contributed by atoms with Gasteiger partial charge in [-0.25, -0.2) is 4.79 Å². The zero-order chi connectivity index (χ0) is 16.0. The van der Waals surface area contributed by atoms with E-state index in [2.05, 4.69) is 48.7 Å². The molecule has 2 N–H and O–H groups in total. The molecule has 23 heavy (non-hydrogen) atoms. The maximum atomic E-state index is 12.2. The van der Waals surface area contributed by atoms with Crippen molar-refractivity contribution in [3.8, 4) is 0 Å². The highest BCUT2D eigenvalue weighted by molar-refractivity contribution is 5.74. The topological polar surface area (TPSA) is 50.4 Å². The quantitative estimate of drug-likeness (QED) is 0.898. The second-order valence-corrected chi connectivity index (χ2v) is 7.91. The molecule has 5 atom stereocenters. The summed E-state index contributed by atoms with van der Waals surface area (Å²) in [6.45, 7) is 5.98. The fourth-order valence-electron chi connectivity index (χ4n) is 4.61. The minimum atomic E-state index is -0.0212.